The maximum absolute atomic E-state index is 12.0. The Morgan fingerprint density at radius 3 is 1.67 bits per heavy atom. The highest BCUT2D eigenvalue weighted by Gasteiger charge is 2.14. The third-order valence-electron chi connectivity index (χ3n) is 4.66. The van der Waals surface area contributed by atoms with Crippen LogP contribution >= 0.6 is 0 Å². The first kappa shape index (κ1) is 27.0. The highest BCUT2D eigenvalue weighted by atomic mass is 32.2. The van der Waals surface area contributed by atoms with Crippen LogP contribution in [0.25, 0.3) is 0 Å². The van der Waals surface area contributed by atoms with Gasteiger partial charge in [-0.3, -0.25) is 4.18 Å². The molecule has 0 atom stereocenters. The molecule has 0 amide bonds. The third-order valence-corrected chi connectivity index (χ3v) is 5.99. The van der Waals surface area contributed by atoms with E-state index in [-0.39, 0.29) is 18.1 Å². The predicted molar refractivity (Wildman–Crippen MR) is 119 cm³/mol. The molecule has 1 aromatic carbocycles. The van der Waals surface area contributed by atoms with E-state index in [0.29, 0.717) is 26.4 Å². The zero-order valence-corrected chi connectivity index (χ0v) is 19.6. The zero-order valence-electron chi connectivity index (χ0n) is 18.8. The molecular weight excluding hydrogens is 404 g/mol. The van der Waals surface area contributed by atoms with Crippen LogP contribution in [-0.4, -0.2) is 54.7 Å². The van der Waals surface area contributed by atoms with E-state index in [1.165, 1.54) is 57.1 Å². The van der Waals surface area contributed by atoms with Gasteiger partial charge in [0.1, 0.15) is 0 Å². The van der Waals surface area contributed by atoms with Crippen LogP contribution in [0, 0.1) is 6.92 Å². The molecule has 1 rings (SSSR count). The Hall–Kier alpha value is -0.990. The quantitative estimate of drug-likeness (QED) is 0.211. The van der Waals surface area contributed by atoms with E-state index in [1.807, 2.05) is 6.92 Å². The molecule has 0 aromatic heterocycles. The van der Waals surface area contributed by atoms with E-state index in [1.54, 1.807) is 12.1 Å². The first-order valence-electron chi connectivity index (χ1n) is 11.3. The van der Waals surface area contributed by atoms with Gasteiger partial charge in [-0.2, -0.15) is 8.42 Å². The summed E-state index contributed by atoms with van der Waals surface area (Å²) in [6.45, 7) is 7.09. The minimum Gasteiger partial charge on any atom is -0.379 e. The van der Waals surface area contributed by atoms with Crippen molar-refractivity contribution in [1.82, 2.24) is 0 Å². The van der Waals surface area contributed by atoms with Crippen molar-refractivity contribution in [3.8, 4) is 0 Å². The third kappa shape index (κ3) is 14.1. The van der Waals surface area contributed by atoms with Crippen molar-refractivity contribution in [2.24, 2.45) is 0 Å². The molecule has 0 saturated heterocycles. The second-order valence-corrected chi connectivity index (χ2v) is 9.02. The summed E-state index contributed by atoms with van der Waals surface area (Å²) in [6, 6.07) is 6.55. The molecular formula is C23H40O6S. The summed E-state index contributed by atoms with van der Waals surface area (Å²) in [5, 5.41) is 0. The van der Waals surface area contributed by atoms with Crippen LogP contribution in [0.4, 0.5) is 0 Å². The molecule has 30 heavy (non-hydrogen) atoms. The van der Waals surface area contributed by atoms with Crippen LogP contribution in [0.1, 0.15) is 63.9 Å². The van der Waals surface area contributed by atoms with Gasteiger partial charge < -0.3 is 14.2 Å². The van der Waals surface area contributed by atoms with E-state index < -0.39 is 10.1 Å². The van der Waals surface area contributed by atoms with Crippen molar-refractivity contribution >= 4 is 10.1 Å². The monoisotopic (exact) mass is 444 g/mol. The first-order chi connectivity index (χ1) is 14.6. The van der Waals surface area contributed by atoms with Gasteiger partial charge in [-0.05, 0) is 25.5 Å². The molecule has 0 spiro atoms. The Kier molecular flexibility index (Phi) is 15.9. The lowest BCUT2D eigenvalue weighted by molar-refractivity contribution is 0.00912. The van der Waals surface area contributed by atoms with Crippen LogP contribution in [-0.2, 0) is 28.5 Å². The number of benzene rings is 1. The summed E-state index contributed by atoms with van der Waals surface area (Å²) in [4.78, 5) is 0.156. The van der Waals surface area contributed by atoms with E-state index in [4.69, 9.17) is 18.4 Å². The van der Waals surface area contributed by atoms with E-state index >= 15 is 0 Å². The Balaban J connectivity index is 1.84. The second-order valence-electron chi connectivity index (χ2n) is 7.40. The molecule has 0 fully saturated rings. The van der Waals surface area contributed by atoms with Gasteiger partial charge in [0.25, 0.3) is 10.1 Å². The van der Waals surface area contributed by atoms with Crippen molar-refractivity contribution < 1.29 is 26.8 Å². The lowest BCUT2D eigenvalue weighted by atomic mass is 10.1. The van der Waals surface area contributed by atoms with Crippen LogP contribution < -0.4 is 0 Å². The van der Waals surface area contributed by atoms with Crippen molar-refractivity contribution in [3.05, 3.63) is 29.8 Å². The van der Waals surface area contributed by atoms with Gasteiger partial charge in [-0.1, -0.05) is 69.6 Å². The Labute approximate surface area is 183 Å². The first-order valence-corrected chi connectivity index (χ1v) is 12.7. The summed E-state index contributed by atoms with van der Waals surface area (Å²) in [5.41, 5.74) is 0.996. The van der Waals surface area contributed by atoms with Crippen molar-refractivity contribution in [1.29, 1.82) is 0 Å². The van der Waals surface area contributed by atoms with Gasteiger partial charge in [0.05, 0.1) is 44.5 Å². The summed E-state index contributed by atoms with van der Waals surface area (Å²) >= 11 is 0. The van der Waals surface area contributed by atoms with E-state index in [9.17, 15) is 8.42 Å². The Morgan fingerprint density at radius 2 is 1.10 bits per heavy atom. The molecule has 6 nitrogen and oxygen atoms in total. The Bertz CT molecular complexity index is 615. The number of unbranched alkanes of at least 4 members (excludes halogenated alkanes) is 7. The van der Waals surface area contributed by atoms with E-state index in [2.05, 4.69) is 6.92 Å². The number of hydrogen-bond donors (Lipinski definition) is 0. The van der Waals surface area contributed by atoms with Crippen LogP contribution in [0.5, 0.6) is 0 Å². The van der Waals surface area contributed by atoms with E-state index in [0.717, 1.165) is 18.6 Å². The molecule has 0 unspecified atom stereocenters. The molecule has 0 aliphatic rings. The molecule has 0 N–H and O–H groups in total. The molecule has 0 bridgehead atoms. The standard InChI is InChI=1S/C23H40O6S/c1-3-4-5-6-7-8-9-10-15-26-16-17-27-18-19-28-20-21-29-30(24,25)23-13-11-22(2)12-14-23/h11-14H,3-10,15-21H2,1-2H3. The minimum atomic E-state index is -3.73. The lowest BCUT2D eigenvalue weighted by Gasteiger charge is -2.08. The number of hydrogen-bond acceptors (Lipinski definition) is 6. The number of aryl methyl sites for hydroxylation is 1. The SMILES string of the molecule is CCCCCCCCCCOCCOCCOCCOS(=O)(=O)c1ccc(C)cc1. The number of ether oxygens (including phenoxy) is 3. The average Bonchev–Trinajstić information content (AvgIpc) is 2.73. The van der Waals surface area contributed by atoms with Gasteiger partial charge in [0.2, 0.25) is 0 Å². The normalized spacial score (nSPS) is 11.8. The van der Waals surface area contributed by atoms with Crippen molar-refractivity contribution in [2.75, 3.05) is 46.2 Å². The second kappa shape index (κ2) is 17.7. The maximum atomic E-state index is 12.0. The zero-order chi connectivity index (χ0) is 21.9. The van der Waals surface area contributed by atoms with Crippen LogP contribution in [0.2, 0.25) is 0 Å². The fourth-order valence-corrected chi connectivity index (χ4v) is 3.75. The van der Waals surface area contributed by atoms with Crippen molar-refractivity contribution in [2.45, 2.75) is 70.1 Å². The molecule has 1 aromatic rings. The minimum absolute atomic E-state index is 0.0159. The molecule has 0 aliphatic carbocycles. The molecule has 174 valence electrons. The molecule has 7 heteroatoms. The van der Waals surface area contributed by atoms with Gasteiger partial charge in [0.15, 0.2) is 0 Å². The number of rotatable bonds is 20. The Morgan fingerprint density at radius 1 is 0.633 bits per heavy atom. The topological polar surface area (TPSA) is 71.1 Å². The van der Waals surface area contributed by atoms with Gasteiger partial charge in [-0.15, -0.1) is 0 Å². The van der Waals surface area contributed by atoms with Crippen LogP contribution in [0.3, 0.4) is 0 Å². The summed E-state index contributed by atoms with van der Waals surface area (Å²) in [7, 11) is -3.73. The van der Waals surface area contributed by atoms with Crippen LogP contribution in [0.15, 0.2) is 29.2 Å². The van der Waals surface area contributed by atoms with Crippen molar-refractivity contribution in [3.63, 3.8) is 0 Å². The van der Waals surface area contributed by atoms with Gasteiger partial charge in [-0.25, -0.2) is 0 Å². The van der Waals surface area contributed by atoms with Gasteiger partial charge in [0, 0.05) is 6.61 Å². The summed E-state index contributed by atoms with van der Waals surface area (Å²) < 4.78 is 45.3. The molecule has 0 heterocycles. The predicted octanol–water partition coefficient (Wildman–Crippen LogP) is 4.89. The highest BCUT2D eigenvalue weighted by molar-refractivity contribution is 7.86. The summed E-state index contributed by atoms with van der Waals surface area (Å²) in [5.74, 6) is 0. The fraction of sp³-hybridized carbons (Fsp3) is 0.739. The van der Waals surface area contributed by atoms with Gasteiger partial charge >= 0.3 is 0 Å². The largest absolute Gasteiger partial charge is 0.379 e. The fourth-order valence-electron chi connectivity index (χ4n) is 2.86. The molecule has 0 aliphatic heterocycles. The molecule has 0 radical (unpaired) electrons. The molecule has 0 saturated carbocycles. The average molecular weight is 445 g/mol. The smallest absolute Gasteiger partial charge is 0.297 e. The highest BCUT2D eigenvalue weighted by Crippen LogP contribution is 2.13. The lowest BCUT2D eigenvalue weighted by Crippen LogP contribution is -2.14. The maximum Gasteiger partial charge on any atom is 0.297 e. The summed E-state index contributed by atoms with van der Waals surface area (Å²) in [6.07, 6.45) is 10.4.